The Kier molecular flexibility index (Phi) is 4.62. The normalized spacial score (nSPS) is 13.8. The molecule has 23 heavy (non-hydrogen) atoms. The number of non-ortho nitro benzene ring substituents is 1. The number of carbonyl (C=O) groups excluding carboxylic acids is 1. The van der Waals surface area contributed by atoms with Gasteiger partial charge in [-0.25, -0.2) is 4.98 Å². The third-order valence-corrected chi connectivity index (χ3v) is 4.72. The van der Waals surface area contributed by atoms with E-state index in [2.05, 4.69) is 36.4 Å². The van der Waals surface area contributed by atoms with E-state index >= 15 is 0 Å². The van der Waals surface area contributed by atoms with Gasteiger partial charge in [0.2, 0.25) is 11.1 Å². The molecule has 0 bridgehead atoms. The van der Waals surface area contributed by atoms with Crippen molar-refractivity contribution in [1.29, 1.82) is 0 Å². The Morgan fingerprint density at radius 3 is 2.96 bits per heavy atom. The first-order valence-electron chi connectivity index (χ1n) is 6.82. The first kappa shape index (κ1) is 15.9. The number of hydrogen-bond acceptors (Lipinski definition) is 6. The molecule has 1 heterocycles. The number of thioether (sulfide) groups is 1. The molecule has 1 fully saturated rings. The van der Waals surface area contributed by atoms with Crippen molar-refractivity contribution >= 4 is 45.0 Å². The predicted octanol–water partition coefficient (Wildman–Crippen LogP) is 3.08. The molecule has 0 radical (unpaired) electrons. The van der Waals surface area contributed by atoms with Gasteiger partial charge in [-0.05, 0) is 34.8 Å². The van der Waals surface area contributed by atoms with Crippen molar-refractivity contribution in [3.63, 3.8) is 0 Å². The fourth-order valence-corrected chi connectivity index (χ4v) is 2.97. The minimum Gasteiger partial charge on any atom is -0.324 e. The number of nitro groups is 1. The van der Waals surface area contributed by atoms with Gasteiger partial charge in [-0.1, -0.05) is 11.8 Å². The SMILES string of the molecule is O=C(CSc1n[nH]c(C2CC2)n1)Nc1ccc([N+](=O)[O-])cc1Br. The van der Waals surface area contributed by atoms with Crippen molar-refractivity contribution in [2.75, 3.05) is 11.1 Å². The van der Waals surface area contributed by atoms with Gasteiger partial charge in [0.15, 0.2) is 0 Å². The van der Waals surface area contributed by atoms with Crippen LogP contribution in [0.4, 0.5) is 11.4 Å². The van der Waals surface area contributed by atoms with Gasteiger partial charge in [0.05, 0.1) is 16.4 Å². The average Bonchev–Trinajstić information content (AvgIpc) is 3.26. The number of amides is 1. The van der Waals surface area contributed by atoms with E-state index in [9.17, 15) is 14.9 Å². The average molecular weight is 398 g/mol. The highest BCUT2D eigenvalue weighted by molar-refractivity contribution is 9.10. The number of anilines is 1. The van der Waals surface area contributed by atoms with Gasteiger partial charge in [-0.2, -0.15) is 0 Å². The number of carbonyl (C=O) groups is 1. The fraction of sp³-hybridized carbons (Fsp3) is 0.308. The molecule has 1 aliphatic rings. The van der Waals surface area contributed by atoms with E-state index in [0.717, 1.165) is 18.7 Å². The summed E-state index contributed by atoms with van der Waals surface area (Å²) in [5.41, 5.74) is 0.437. The van der Waals surface area contributed by atoms with E-state index in [0.29, 0.717) is 21.2 Å². The summed E-state index contributed by atoms with van der Waals surface area (Å²) in [7, 11) is 0. The standard InChI is InChI=1S/C13H12BrN5O3S/c14-9-5-8(19(21)22)3-4-10(9)15-11(20)6-23-13-16-12(17-18-13)7-1-2-7/h3-5,7H,1-2,6H2,(H,15,20)(H,16,17,18). The number of nitrogens with zero attached hydrogens (tertiary/aromatic N) is 3. The highest BCUT2D eigenvalue weighted by atomic mass is 79.9. The molecule has 3 rings (SSSR count). The van der Waals surface area contributed by atoms with Crippen LogP contribution in [0.5, 0.6) is 0 Å². The van der Waals surface area contributed by atoms with Gasteiger partial charge in [0.25, 0.3) is 5.69 Å². The zero-order valence-corrected chi connectivity index (χ0v) is 14.2. The second kappa shape index (κ2) is 6.67. The zero-order valence-electron chi connectivity index (χ0n) is 11.8. The predicted molar refractivity (Wildman–Crippen MR) is 88.5 cm³/mol. The Balaban J connectivity index is 1.55. The minimum absolute atomic E-state index is 0.0439. The Labute approximate surface area is 143 Å². The first-order chi connectivity index (χ1) is 11.0. The van der Waals surface area contributed by atoms with Gasteiger partial charge < -0.3 is 5.32 Å². The molecule has 10 heteroatoms. The number of hydrogen-bond donors (Lipinski definition) is 2. The largest absolute Gasteiger partial charge is 0.324 e. The number of rotatable bonds is 6. The molecule has 0 unspecified atom stereocenters. The second-order valence-electron chi connectivity index (χ2n) is 5.04. The molecule has 0 spiro atoms. The van der Waals surface area contributed by atoms with E-state index in [1.165, 1.54) is 30.0 Å². The molecule has 1 aromatic heterocycles. The highest BCUT2D eigenvalue weighted by Gasteiger charge is 2.27. The highest BCUT2D eigenvalue weighted by Crippen LogP contribution is 2.38. The number of aromatic nitrogens is 3. The van der Waals surface area contributed by atoms with Crippen LogP contribution in [-0.2, 0) is 4.79 Å². The van der Waals surface area contributed by atoms with Crippen LogP contribution in [0.3, 0.4) is 0 Å². The molecule has 120 valence electrons. The van der Waals surface area contributed by atoms with E-state index in [-0.39, 0.29) is 17.3 Å². The monoisotopic (exact) mass is 397 g/mol. The lowest BCUT2D eigenvalue weighted by Gasteiger charge is -2.06. The van der Waals surface area contributed by atoms with Crippen molar-refractivity contribution in [3.05, 3.63) is 38.6 Å². The lowest BCUT2D eigenvalue weighted by atomic mass is 10.3. The van der Waals surface area contributed by atoms with Crippen LogP contribution in [-0.4, -0.2) is 31.8 Å². The molecule has 1 aliphatic carbocycles. The van der Waals surface area contributed by atoms with Gasteiger partial charge >= 0.3 is 0 Å². The quantitative estimate of drug-likeness (QED) is 0.439. The van der Waals surface area contributed by atoms with Gasteiger partial charge in [-0.15, -0.1) is 5.10 Å². The molecule has 0 saturated heterocycles. The smallest absolute Gasteiger partial charge is 0.270 e. The van der Waals surface area contributed by atoms with Gasteiger partial charge in [0, 0.05) is 22.5 Å². The summed E-state index contributed by atoms with van der Waals surface area (Å²) in [6.07, 6.45) is 2.27. The molecule has 1 amide bonds. The van der Waals surface area contributed by atoms with Crippen LogP contribution in [0.25, 0.3) is 0 Å². The number of halogens is 1. The molecular formula is C13H12BrN5O3S. The molecule has 2 aromatic rings. The Bertz CT molecular complexity index is 762. The summed E-state index contributed by atoms with van der Waals surface area (Å²) in [4.78, 5) is 26.5. The van der Waals surface area contributed by atoms with Crippen LogP contribution >= 0.6 is 27.7 Å². The Hall–Kier alpha value is -1.94. The molecule has 2 N–H and O–H groups in total. The third kappa shape index (κ3) is 4.08. The number of aromatic amines is 1. The molecule has 0 aliphatic heterocycles. The summed E-state index contributed by atoms with van der Waals surface area (Å²) in [6.45, 7) is 0. The summed E-state index contributed by atoms with van der Waals surface area (Å²) >= 11 is 4.45. The van der Waals surface area contributed by atoms with Crippen LogP contribution in [0, 0.1) is 10.1 Å². The maximum Gasteiger partial charge on any atom is 0.270 e. The lowest BCUT2D eigenvalue weighted by Crippen LogP contribution is -2.14. The molecular weight excluding hydrogens is 386 g/mol. The number of benzene rings is 1. The Morgan fingerprint density at radius 1 is 1.52 bits per heavy atom. The molecule has 1 aromatic carbocycles. The molecule has 0 atom stereocenters. The summed E-state index contributed by atoms with van der Waals surface area (Å²) in [5.74, 6) is 1.29. The Morgan fingerprint density at radius 2 is 2.30 bits per heavy atom. The van der Waals surface area contributed by atoms with Gasteiger partial charge in [0.1, 0.15) is 5.82 Å². The van der Waals surface area contributed by atoms with Gasteiger partial charge in [-0.3, -0.25) is 20.0 Å². The molecule has 1 saturated carbocycles. The van der Waals surface area contributed by atoms with E-state index in [1.807, 2.05) is 0 Å². The van der Waals surface area contributed by atoms with Crippen LogP contribution in [0.15, 0.2) is 27.8 Å². The van der Waals surface area contributed by atoms with E-state index in [1.54, 1.807) is 0 Å². The second-order valence-corrected chi connectivity index (χ2v) is 6.83. The maximum atomic E-state index is 12.0. The van der Waals surface area contributed by atoms with Crippen molar-refractivity contribution < 1.29 is 9.72 Å². The third-order valence-electron chi connectivity index (χ3n) is 3.22. The summed E-state index contributed by atoms with van der Waals surface area (Å²) in [5, 5.41) is 20.9. The number of H-pyrrole nitrogens is 1. The van der Waals surface area contributed by atoms with E-state index < -0.39 is 4.92 Å². The van der Waals surface area contributed by atoms with Crippen LogP contribution in [0.1, 0.15) is 24.6 Å². The lowest BCUT2D eigenvalue weighted by molar-refractivity contribution is -0.384. The fourth-order valence-electron chi connectivity index (χ4n) is 1.90. The minimum atomic E-state index is -0.493. The zero-order chi connectivity index (χ0) is 16.4. The van der Waals surface area contributed by atoms with Crippen molar-refractivity contribution in [2.24, 2.45) is 0 Å². The molecule has 8 nitrogen and oxygen atoms in total. The van der Waals surface area contributed by atoms with Crippen molar-refractivity contribution in [1.82, 2.24) is 15.2 Å². The first-order valence-corrected chi connectivity index (χ1v) is 8.59. The summed E-state index contributed by atoms with van der Waals surface area (Å²) < 4.78 is 0.457. The van der Waals surface area contributed by atoms with Crippen molar-refractivity contribution in [3.8, 4) is 0 Å². The van der Waals surface area contributed by atoms with Crippen LogP contribution < -0.4 is 5.32 Å². The number of nitro benzene ring substituents is 1. The topological polar surface area (TPSA) is 114 Å². The van der Waals surface area contributed by atoms with Crippen LogP contribution in [0.2, 0.25) is 0 Å². The number of nitrogens with one attached hydrogen (secondary N) is 2. The van der Waals surface area contributed by atoms with E-state index in [4.69, 9.17) is 0 Å². The maximum absolute atomic E-state index is 12.0. The van der Waals surface area contributed by atoms with Crippen molar-refractivity contribution in [2.45, 2.75) is 23.9 Å². The summed E-state index contributed by atoms with van der Waals surface area (Å²) in [6, 6.07) is 4.17.